The predicted molar refractivity (Wildman–Crippen MR) is 108 cm³/mol. The molecule has 2 fully saturated rings. The summed E-state index contributed by atoms with van der Waals surface area (Å²) < 4.78 is 19.5. The largest absolute Gasteiger partial charge is 0.451 e. The minimum Gasteiger partial charge on any atom is -0.451 e. The maximum Gasteiger partial charge on any atom is 0.357 e. The molecule has 0 bridgehead atoms. The fraction of sp³-hybridized carbons (Fsp3) is 0.381. The molecule has 0 atom stereocenters. The topological polar surface area (TPSA) is 123 Å². The van der Waals surface area contributed by atoms with E-state index in [2.05, 4.69) is 22.7 Å². The molecule has 2 aromatic rings. The Kier molecular flexibility index (Phi) is 5.64. The number of imidazole rings is 1. The number of esters is 1. The quantitative estimate of drug-likeness (QED) is 0.536. The summed E-state index contributed by atoms with van der Waals surface area (Å²) in [7, 11) is 0. The first kappa shape index (κ1) is 21.5. The van der Waals surface area contributed by atoms with Crippen molar-refractivity contribution in [1.82, 2.24) is 25.3 Å². The number of imide groups is 1. The molecule has 4 amide bonds. The average molecular weight is 443 g/mol. The molecule has 168 valence electrons. The van der Waals surface area contributed by atoms with Crippen LogP contribution in [0.4, 0.5) is 9.18 Å². The van der Waals surface area contributed by atoms with E-state index in [9.17, 15) is 23.6 Å². The molecule has 1 saturated heterocycles. The zero-order valence-corrected chi connectivity index (χ0v) is 17.3. The van der Waals surface area contributed by atoms with Crippen molar-refractivity contribution in [3.63, 3.8) is 0 Å². The third-order valence-corrected chi connectivity index (χ3v) is 5.81. The lowest BCUT2D eigenvalue weighted by atomic mass is 9.77. The first-order valence-corrected chi connectivity index (χ1v) is 10.2. The van der Waals surface area contributed by atoms with Gasteiger partial charge in [-0.15, -0.1) is 0 Å². The van der Waals surface area contributed by atoms with E-state index in [-0.39, 0.29) is 5.69 Å². The molecule has 2 N–H and O–H groups in total. The second kappa shape index (κ2) is 8.40. The van der Waals surface area contributed by atoms with Gasteiger partial charge in [-0.1, -0.05) is 6.92 Å². The highest BCUT2D eigenvalue weighted by Crippen LogP contribution is 2.35. The van der Waals surface area contributed by atoms with Crippen molar-refractivity contribution in [3.05, 3.63) is 48.3 Å². The lowest BCUT2D eigenvalue weighted by Gasteiger charge is -2.33. The summed E-state index contributed by atoms with van der Waals surface area (Å²) in [6, 6.07) is 4.67. The molecule has 0 radical (unpaired) electrons. The molecule has 1 spiro atoms. The molecule has 0 unspecified atom stereocenters. The monoisotopic (exact) mass is 443 g/mol. The molecule has 2 heterocycles. The molecule has 1 aliphatic heterocycles. The number of halogens is 1. The zero-order chi connectivity index (χ0) is 22.9. The first-order valence-electron chi connectivity index (χ1n) is 10.2. The van der Waals surface area contributed by atoms with Gasteiger partial charge in [-0.3, -0.25) is 19.6 Å². The van der Waals surface area contributed by atoms with Crippen LogP contribution in [0.5, 0.6) is 0 Å². The van der Waals surface area contributed by atoms with Gasteiger partial charge in [0.25, 0.3) is 11.8 Å². The molecule has 32 heavy (non-hydrogen) atoms. The zero-order valence-electron chi connectivity index (χ0n) is 17.3. The standard InChI is InChI=1S/C21H22FN5O5/c1-13-6-8-21(9-7-13)19(30)27(20(31)24-21)25-17(28)11-32-18(29)16-10-23-12-26(16)15-4-2-14(22)3-5-15/h2-5,10,12-13H,6-9,11H2,1H3,(H,24,31)(H,25,28). The SMILES string of the molecule is CC1CCC2(CC1)NC(=O)N(NC(=O)COC(=O)c1cncn1-c1ccc(F)cc1)C2=O. The van der Waals surface area contributed by atoms with Crippen LogP contribution in [0.2, 0.25) is 0 Å². The third-order valence-electron chi connectivity index (χ3n) is 5.81. The Bertz CT molecular complexity index is 1060. The second-order valence-corrected chi connectivity index (χ2v) is 8.07. The Morgan fingerprint density at radius 1 is 1.25 bits per heavy atom. The number of nitrogens with zero attached hydrogens (tertiary/aromatic N) is 3. The summed E-state index contributed by atoms with van der Waals surface area (Å²) in [4.78, 5) is 53.6. The first-order chi connectivity index (χ1) is 15.3. The molecule has 1 aliphatic carbocycles. The van der Waals surface area contributed by atoms with Crippen LogP contribution in [-0.4, -0.2) is 50.5 Å². The summed E-state index contributed by atoms with van der Waals surface area (Å²) in [6.07, 6.45) is 5.21. The number of nitrogens with one attached hydrogen (secondary N) is 2. The van der Waals surface area contributed by atoms with E-state index in [1.165, 1.54) is 41.4 Å². The maximum atomic E-state index is 13.1. The number of amides is 4. The Balaban J connectivity index is 1.35. The van der Waals surface area contributed by atoms with Gasteiger partial charge in [0.15, 0.2) is 12.3 Å². The Morgan fingerprint density at radius 3 is 2.62 bits per heavy atom. The van der Waals surface area contributed by atoms with Crippen LogP contribution < -0.4 is 10.7 Å². The van der Waals surface area contributed by atoms with Crippen LogP contribution in [0.15, 0.2) is 36.8 Å². The minimum atomic E-state index is -0.991. The minimum absolute atomic E-state index is 0.0229. The smallest absolute Gasteiger partial charge is 0.357 e. The van der Waals surface area contributed by atoms with Crippen LogP contribution in [0.25, 0.3) is 5.69 Å². The molecule has 1 saturated carbocycles. The predicted octanol–water partition coefficient (Wildman–Crippen LogP) is 1.70. The summed E-state index contributed by atoms with van der Waals surface area (Å²) >= 11 is 0. The van der Waals surface area contributed by atoms with Crippen molar-refractivity contribution >= 4 is 23.8 Å². The summed E-state index contributed by atoms with van der Waals surface area (Å²) in [5.41, 5.74) is 1.72. The van der Waals surface area contributed by atoms with Crippen LogP contribution in [0.3, 0.4) is 0 Å². The number of hydrogen-bond donors (Lipinski definition) is 2. The van der Waals surface area contributed by atoms with E-state index in [0.29, 0.717) is 29.5 Å². The molecule has 1 aromatic heterocycles. The third kappa shape index (κ3) is 4.05. The van der Waals surface area contributed by atoms with Gasteiger partial charge >= 0.3 is 12.0 Å². The Morgan fingerprint density at radius 2 is 1.94 bits per heavy atom. The number of benzene rings is 1. The Hall–Kier alpha value is -3.76. The van der Waals surface area contributed by atoms with E-state index in [1.54, 1.807) is 0 Å². The summed E-state index contributed by atoms with van der Waals surface area (Å²) in [6.45, 7) is 1.37. The summed E-state index contributed by atoms with van der Waals surface area (Å²) in [5, 5.41) is 3.34. The van der Waals surface area contributed by atoms with E-state index in [4.69, 9.17) is 4.74 Å². The number of carbonyl (C=O) groups excluding carboxylic acids is 4. The number of aromatic nitrogens is 2. The number of ether oxygens (including phenoxy) is 1. The molecule has 1 aromatic carbocycles. The van der Waals surface area contributed by atoms with Gasteiger partial charge < -0.3 is 10.1 Å². The number of urea groups is 1. The highest BCUT2D eigenvalue weighted by molar-refractivity contribution is 6.08. The molecular formula is C21H22FN5O5. The summed E-state index contributed by atoms with van der Waals surface area (Å²) in [5.74, 6) is -2.16. The van der Waals surface area contributed by atoms with Gasteiger partial charge in [-0.25, -0.2) is 19.0 Å². The van der Waals surface area contributed by atoms with Crippen LogP contribution in [-0.2, 0) is 14.3 Å². The van der Waals surface area contributed by atoms with Crippen molar-refractivity contribution in [1.29, 1.82) is 0 Å². The Labute approximate surface area is 182 Å². The fourth-order valence-electron chi connectivity index (χ4n) is 3.93. The second-order valence-electron chi connectivity index (χ2n) is 8.07. The average Bonchev–Trinajstić information content (AvgIpc) is 3.35. The van der Waals surface area contributed by atoms with Crippen LogP contribution >= 0.6 is 0 Å². The van der Waals surface area contributed by atoms with Crippen molar-refractivity contribution in [2.75, 3.05) is 6.61 Å². The maximum absolute atomic E-state index is 13.1. The molecule has 4 rings (SSSR count). The van der Waals surface area contributed by atoms with E-state index in [1.807, 2.05) is 0 Å². The molecule has 2 aliphatic rings. The molecule has 10 nitrogen and oxygen atoms in total. The lowest BCUT2D eigenvalue weighted by Crippen LogP contribution is -2.52. The van der Waals surface area contributed by atoms with Gasteiger partial charge in [0.05, 0.1) is 12.5 Å². The fourth-order valence-corrected chi connectivity index (χ4v) is 3.93. The van der Waals surface area contributed by atoms with E-state index >= 15 is 0 Å². The molecule has 11 heteroatoms. The van der Waals surface area contributed by atoms with Gasteiger partial charge in [-0.05, 0) is 55.9 Å². The normalized spacial score (nSPS) is 22.7. The van der Waals surface area contributed by atoms with Crippen molar-refractivity contribution in [2.24, 2.45) is 5.92 Å². The highest BCUT2D eigenvalue weighted by Gasteiger charge is 2.52. The lowest BCUT2D eigenvalue weighted by molar-refractivity contribution is -0.141. The van der Waals surface area contributed by atoms with Crippen molar-refractivity contribution < 1.29 is 28.3 Å². The van der Waals surface area contributed by atoms with Gasteiger partial charge in [0.1, 0.15) is 11.4 Å². The van der Waals surface area contributed by atoms with Gasteiger partial charge in [-0.2, -0.15) is 5.01 Å². The van der Waals surface area contributed by atoms with Crippen LogP contribution in [0.1, 0.15) is 43.1 Å². The van der Waals surface area contributed by atoms with Crippen molar-refractivity contribution in [2.45, 2.75) is 38.1 Å². The van der Waals surface area contributed by atoms with Crippen molar-refractivity contribution in [3.8, 4) is 5.69 Å². The van der Waals surface area contributed by atoms with Crippen LogP contribution in [0, 0.1) is 11.7 Å². The number of hydrazine groups is 1. The van der Waals surface area contributed by atoms with Gasteiger partial charge in [0.2, 0.25) is 0 Å². The molecular weight excluding hydrogens is 421 g/mol. The number of hydrogen-bond acceptors (Lipinski definition) is 6. The number of rotatable bonds is 5. The van der Waals surface area contributed by atoms with Gasteiger partial charge in [0, 0.05) is 5.69 Å². The number of carbonyl (C=O) groups is 4. The highest BCUT2D eigenvalue weighted by atomic mass is 19.1. The van der Waals surface area contributed by atoms with E-state index in [0.717, 1.165) is 12.8 Å². The van der Waals surface area contributed by atoms with E-state index < -0.39 is 41.8 Å².